The predicted octanol–water partition coefficient (Wildman–Crippen LogP) is 3.74. The van der Waals surface area contributed by atoms with Crippen LogP contribution >= 0.6 is 0 Å². The van der Waals surface area contributed by atoms with Crippen molar-refractivity contribution in [2.75, 3.05) is 11.9 Å². The number of amides is 1. The number of hydrogen-bond acceptors (Lipinski definition) is 9. The molecule has 0 aliphatic rings. The summed E-state index contributed by atoms with van der Waals surface area (Å²) in [5.41, 5.74) is -0.0273. The summed E-state index contributed by atoms with van der Waals surface area (Å²) in [6, 6.07) is 11.9. The Hall–Kier alpha value is -4.73. The molecule has 0 aliphatic carbocycles. The van der Waals surface area contributed by atoms with Crippen molar-refractivity contribution in [3.05, 3.63) is 76.8 Å². The number of benzene rings is 2. The van der Waals surface area contributed by atoms with E-state index in [1.807, 2.05) is 0 Å². The van der Waals surface area contributed by atoms with Gasteiger partial charge >= 0.3 is 12.1 Å². The second-order valence-corrected chi connectivity index (χ2v) is 6.66. The molecule has 10 nitrogen and oxygen atoms in total. The molecule has 0 aliphatic heterocycles. The summed E-state index contributed by atoms with van der Waals surface area (Å²) < 4.78 is 15.9. The Kier molecular flexibility index (Phi) is 5.98. The maximum Gasteiger partial charge on any atom is 0.411 e. The standard InChI is InChI=1S/C23H17N3O7/c1-2-31-23(30)25-16-11-19(33-22(29)13-6-5-9-24-12-13)17(27)10-15(16)21-26-20(28)14-7-3-4-8-18(14)32-21/h3-12,27H,2H2,1H3,(H,25,30). The van der Waals surface area contributed by atoms with Gasteiger partial charge in [-0.25, -0.2) is 9.59 Å². The minimum absolute atomic E-state index is 0.0335. The normalized spacial score (nSPS) is 10.6. The Bertz CT molecular complexity index is 1400. The van der Waals surface area contributed by atoms with Crippen LogP contribution in [0.5, 0.6) is 11.5 Å². The maximum absolute atomic E-state index is 12.4. The zero-order valence-corrected chi connectivity index (χ0v) is 17.3. The Morgan fingerprint density at radius 2 is 1.97 bits per heavy atom. The summed E-state index contributed by atoms with van der Waals surface area (Å²) in [5.74, 6) is -1.63. The van der Waals surface area contributed by atoms with E-state index in [1.165, 1.54) is 24.5 Å². The van der Waals surface area contributed by atoms with Crippen LogP contribution in [0.2, 0.25) is 0 Å². The molecule has 0 fully saturated rings. The smallest absolute Gasteiger partial charge is 0.411 e. The number of phenolic OH excluding ortho intramolecular Hbond substituents is 1. The second kappa shape index (κ2) is 9.18. The molecule has 2 N–H and O–H groups in total. The first-order valence-corrected chi connectivity index (χ1v) is 9.79. The molecule has 33 heavy (non-hydrogen) atoms. The third-order valence-corrected chi connectivity index (χ3v) is 4.47. The number of fused-ring (bicyclic) bond motifs is 1. The molecule has 0 bridgehead atoms. The molecule has 4 rings (SSSR count). The lowest BCUT2D eigenvalue weighted by Gasteiger charge is -2.14. The number of phenols is 1. The molecule has 0 atom stereocenters. The fraction of sp³-hybridized carbons (Fsp3) is 0.0870. The summed E-state index contributed by atoms with van der Waals surface area (Å²) >= 11 is 0. The third-order valence-electron chi connectivity index (χ3n) is 4.47. The van der Waals surface area contributed by atoms with E-state index in [2.05, 4.69) is 15.3 Å². The van der Waals surface area contributed by atoms with Gasteiger partial charge in [0.05, 0.1) is 28.8 Å². The quantitative estimate of drug-likeness (QED) is 0.266. The highest BCUT2D eigenvalue weighted by Gasteiger charge is 2.21. The molecule has 10 heteroatoms. The Morgan fingerprint density at radius 3 is 2.73 bits per heavy atom. The average molecular weight is 447 g/mol. The van der Waals surface area contributed by atoms with Crippen LogP contribution in [0.4, 0.5) is 10.5 Å². The van der Waals surface area contributed by atoms with Gasteiger partial charge in [0.25, 0.3) is 5.56 Å². The molecule has 0 spiro atoms. The number of nitrogens with one attached hydrogen (secondary N) is 1. The van der Waals surface area contributed by atoms with Crippen molar-refractivity contribution in [3.63, 3.8) is 0 Å². The molecule has 0 unspecified atom stereocenters. The van der Waals surface area contributed by atoms with Crippen molar-refractivity contribution in [1.82, 2.24) is 9.97 Å². The van der Waals surface area contributed by atoms with Gasteiger partial charge in [0.15, 0.2) is 11.5 Å². The molecule has 0 saturated carbocycles. The van der Waals surface area contributed by atoms with E-state index in [0.29, 0.717) is 0 Å². The fourth-order valence-electron chi connectivity index (χ4n) is 2.98. The second-order valence-electron chi connectivity index (χ2n) is 6.66. The van der Waals surface area contributed by atoms with Gasteiger partial charge in [-0.3, -0.25) is 15.1 Å². The number of para-hydroxylation sites is 1. The van der Waals surface area contributed by atoms with Crippen molar-refractivity contribution in [3.8, 4) is 23.0 Å². The minimum Gasteiger partial charge on any atom is -0.504 e. The van der Waals surface area contributed by atoms with Crippen molar-refractivity contribution < 1.29 is 28.6 Å². The first-order valence-electron chi connectivity index (χ1n) is 9.79. The van der Waals surface area contributed by atoms with Gasteiger partial charge in [0.2, 0.25) is 5.89 Å². The van der Waals surface area contributed by atoms with E-state index in [9.17, 15) is 19.5 Å². The monoisotopic (exact) mass is 447 g/mol. The lowest BCUT2D eigenvalue weighted by atomic mass is 10.1. The highest BCUT2D eigenvalue weighted by Crippen LogP contribution is 2.38. The fourth-order valence-corrected chi connectivity index (χ4v) is 2.98. The minimum atomic E-state index is -0.808. The van der Waals surface area contributed by atoms with Gasteiger partial charge in [-0.2, -0.15) is 4.98 Å². The summed E-state index contributed by atoms with van der Waals surface area (Å²) in [6.45, 7) is 1.73. The molecule has 1 amide bonds. The highest BCUT2D eigenvalue weighted by atomic mass is 16.5. The van der Waals surface area contributed by atoms with Crippen LogP contribution < -0.4 is 15.6 Å². The number of anilines is 1. The van der Waals surface area contributed by atoms with Gasteiger partial charge in [-0.1, -0.05) is 12.1 Å². The van der Waals surface area contributed by atoms with Crippen LogP contribution in [0.15, 0.2) is 70.1 Å². The van der Waals surface area contributed by atoms with E-state index >= 15 is 0 Å². The number of aromatic nitrogens is 2. The van der Waals surface area contributed by atoms with Crippen molar-refractivity contribution >= 4 is 28.7 Å². The van der Waals surface area contributed by atoms with E-state index in [-0.39, 0.29) is 46.0 Å². The van der Waals surface area contributed by atoms with Gasteiger partial charge in [-0.05, 0) is 37.3 Å². The first kappa shape index (κ1) is 21.5. The van der Waals surface area contributed by atoms with Gasteiger partial charge in [0.1, 0.15) is 5.58 Å². The molecule has 2 aromatic heterocycles. The maximum atomic E-state index is 12.4. The summed E-state index contributed by atoms with van der Waals surface area (Å²) in [6.07, 6.45) is 1.99. The zero-order valence-electron chi connectivity index (χ0n) is 17.3. The van der Waals surface area contributed by atoms with Gasteiger partial charge in [-0.15, -0.1) is 0 Å². The zero-order chi connectivity index (χ0) is 23.4. The summed E-state index contributed by atoms with van der Waals surface area (Å²) in [7, 11) is 0. The lowest BCUT2D eigenvalue weighted by Crippen LogP contribution is -2.15. The summed E-state index contributed by atoms with van der Waals surface area (Å²) in [5, 5.41) is 13.3. The molecule has 2 aromatic carbocycles. The Labute approximate surface area is 186 Å². The van der Waals surface area contributed by atoms with Crippen LogP contribution in [-0.4, -0.2) is 33.7 Å². The number of carbonyl (C=O) groups is 2. The van der Waals surface area contributed by atoms with Crippen molar-refractivity contribution in [2.24, 2.45) is 0 Å². The molecule has 166 valence electrons. The third kappa shape index (κ3) is 4.64. The molecule has 0 saturated heterocycles. The molecule has 0 radical (unpaired) electrons. The van der Waals surface area contributed by atoms with Gasteiger partial charge in [0, 0.05) is 18.5 Å². The summed E-state index contributed by atoms with van der Waals surface area (Å²) in [4.78, 5) is 44.7. The molecular weight excluding hydrogens is 430 g/mol. The Morgan fingerprint density at radius 1 is 1.15 bits per heavy atom. The number of carbonyl (C=O) groups excluding carboxylic acids is 2. The van der Waals surface area contributed by atoms with Crippen LogP contribution in [0.25, 0.3) is 22.4 Å². The molecule has 4 aromatic rings. The number of hydrogen-bond donors (Lipinski definition) is 2. The van der Waals surface area contributed by atoms with E-state index in [4.69, 9.17) is 13.9 Å². The van der Waals surface area contributed by atoms with Crippen molar-refractivity contribution in [1.29, 1.82) is 0 Å². The van der Waals surface area contributed by atoms with Crippen molar-refractivity contribution in [2.45, 2.75) is 6.92 Å². The SMILES string of the molecule is CCOC(=O)Nc1cc(OC(=O)c2cccnc2)c(O)cc1-c1nc(=O)c2ccccc2o1. The molecule has 2 heterocycles. The highest BCUT2D eigenvalue weighted by molar-refractivity contribution is 5.94. The number of pyridine rings is 1. The van der Waals surface area contributed by atoms with E-state index in [0.717, 1.165) is 6.07 Å². The average Bonchev–Trinajstić information content (AvgIpc) is 2.81. The molecular formula is C23H17N3O7. The number of nitrogens with zero attached hydrogens (tertiary/aromatic N) is 2. The van der Waals surface area contributed by atoms with E-state index in [1.54, 1.807) is 37.3 Å². The number of aromatic hydroxyl groups is 1. The Balaban J connectivity index is 1.79. The van der Waals surface area contributed by atoms with Gasteiger partial charge < -0.3 is 19.0 Å². The number of ether oxygens (including phenoxy) is 2. The van der Waals surface area contributed by atoms with E-state index < -0.39 is 23.4 Å². The van der Waals surface area contributed by atoms with Crippen LogP contribution in [0, 0.1) is 0 Å². The number of rotatable bonds is 5. The largest absolute Gasteiger partial charge is 0.504 e. The van der Waals surface area contributed by atoms with Crippen LogP contribution in [0.1, 0.15) is 17.3 Å². The topological polar surface area (TPSA) is 141 Å². The number of esters is 1. The predicted molar refractivity (Wildman–Crippen MR) is 117 cm³/mol. The van der Waals surface area contributed by atoms with Crippen LogP contribution in [-0.2, 0) is 4.74 Å². The lowest BCUT2D eigenvalue weighted by molar-refractivity contribution is 0.0729. The first-order chi connectivity index (χ1) is 16.0. The van der Waals surface area contributed by atoms with Crippen LogP contribution in [0.3, 0.4) is 0 Å².